The van der Waals surface area contributed by atoms with Crippen molar-refractivity contribution in [1.29, 1.82) is 0 Å². The Balaban J connectivity index is 1.87. The Morgan fingerprint density at radius 2 is 1.90 bits per heavy atom. The maximum Gasteiger partial charge on any atom is 0.261 e. The van der Waals surface area contributed by atoms with Gasteiger partial charge >= 0.3 is 0 Å². The van der Waals surface area contributed by atoms with Gasteiger partial charge in [0.1, 0.15) is 5.75 Å². The van der Waals surface area contributed by atoms with Crippen LogP contribution in [0.2, 0.25) is 0 Å². The third-order valence-corrected chi connectivity index (χ3v) is 4.52. The van der Waals surface area contributed by atoms with Crippen LogP contribution in [0, 0.1) is 3.57 Å². The first-order chi connectivity index (χ1) is 9.74. The highest BCUT2D eigenvalue weighted by Gasteiger charge is 2.21. The Morgan fingerprint density at radius 3 is 2.65 bits per heavy atom. The first kappa shape index (κ1) is 13.9. The Kier molecular flexibility index (Phi) is 4.24. The minimum Gasteiger partial charge on any atom is -0.507 e. The maximum absolute atomic E-state index is 9.92. The van der Waals surface area contributed by atoms with Crippen LogP contribution in [0.3, 0.4) is 0 Å². The van der Waals surface area contributed by atoms with Gasteiger partial charge in [-0.1, -0.05) is 30.8 Å². The van der Waals surface area contributed by atoms with Crippen molar-refractivity contribution in [2.24, 2.45) is 0 Å². The van der Waals surface area contributed by atoms with E-state index >= 15 is 0 Å². The van der Waals surface area contributed by atoms with E-state index in [4.69, 9.17) is 4.52 Å². The zero-order chi connectivity index (χ0) is 13.9. The zero-order valence-corrected chi connectivity index (χ0v) is 13.3. The normalized spacial score (nSPS) is 17.1. The van der Waals surface area contributed by atoms with Crippen LogP contribution in [0.1, 0.15) is 50.3 Å². The van der Waals surface area contributed by atoms with Crippen molar-refractivity contribution in [1.82, 2.24) is 10.1 Å². The first-order valence-corrected chi connectivity index (χ1v) is 8.14. The SMILES string of the molecule is Oc1ccc(I)cc1-c1nc(C2CCCCCC2)no1. The Hall–Kier alpha value is -1.11. The number of rotatable bonds is 2. The number of nitrogens with zero attached hydrogens (tertiary/aromatic N) is 2. The summed E-state index contributed by atoms with van der Waals surface area (Å²) in [6.45, 7) is 0. The molecule has 0 amide bonds. The summed E-state index contributed by atoms with van der Waals surface area (Å²) in [7, 11) is 0. The van der Waals surface area contributed by atoms with E-state index in [1.807, 2.05) is 12.1 Å². The lowest BCUT2D eigenvalue weighted by Gasteiger charge is -2.07. The minimum absolute atomic E-state index is 0.182. The quantitative estimate of drug-likeness (QED) is 0.613. The summed E-state index contributed by atoms with van der Waals surface area (Å²) in [4.78, 5) is 4.51. The highest BCUT2D eigenvalue weighted by atomic mass is 127. The molecule has 0 saturated heterocycles. The predicted molar refractivity (Wildman–Crippen MR) is 84.6 cm³/mol. The number of benzene rings is 1. The maximum atomic E-state index is 9.92. The fourth-order valence-corrected chi connectivity index (χ4v) is 3.22. The number of halogens is 1. The second-order valence-electron chi connectivity index (χ2n) is 5.31. The number of phenols is 1. The minimum atomic E-state index is 0.182. The van der Waals surface area contributed by atoms with Crippen molar-refractivity contribution in [3.8, 4) is 17.2 Å². The van der Waals surface area contributed by atoms with Crippen molar-refractivity contribution < 1.29 is 9.63 Å². The summed E-state index contributed by atoms with van der Waals surface area (Å²) >= 11 is 2.20. The van der Waals surface area contributed by atoms with Crippen LogP contribution >= 0.6 is 22.6 Å². The molecule has 1 aromatic carbocycles. The first-order valence-electron chi connectivity index (χ1n) is 7.06. The number of aromatic nitrogens is 2. The average molecular weight is 384 g/mol. The second-order valence-corrected chi connectivity index (χ2v) is 6.55. The molecule has 1 heterocycles. The monoisotopic (exact) mass is 384 g/mol. The number of aromatic hydroxyl groups is 1. The molecule has 106 valence electrons. The van der Waals surface area contributed by atoms with Gasteiger partial charge in [-0.25, -0.2) is 0 Å². The molecule has 5 heteroatoms. The molecule has 0 unspecified atom stereocenters. The van der Waals surface area contributed by atoms with Gasteiger partial charge in [-0.15, -0.1) is 0 Å². The molecule has 1 aliphatic carbocycles. The van der Waals surface area contributed by atoms with E-state index in [1.165, 1.54) is 25.7 Å². The summed E-state index contributed by atoms with van der Waals surface area (Å²) in [6, 6.07) is 5.37. The highest BCUT2D eigenvalue weighted by Crippen LogP contribution is 2.33. The van der Waals surface area contributed by atoms with Crippen LogP contribution in [0.5, 0.6) is 5.75 Å². The molecule has 0 bridgehead atoms. The summed E-state index contributed by atoms with van der Waals surface area (Å²) in [5.41, 5.74) is 0.615. The Labute approximate surface area is 131 Å². The van der Waals surface area contributed by atoms with Crippen LogP contribution in [-0.2, 0) is 0 Å². The second kappa shape index (κ2) is 6.11. The molecule has 20 heavy (non-hydrogen) atoms. The van der Waals surface area contributed by atoms with Crippen LogP contribution in [0.4, 0.5) is 0 Å². The van der Waals surface area contributed by atoms with Gasteiger partial charge in [-0.3, -0.25) is 0 Å². The summed E-state index contributed by atoms with van der Waals surface area (Å²) < 4.78 is 6.39. The van der Waals surface area contributed by atoms with Gasteiger partial charge in [0, 0.05) is 9.49 Å². The molecule has 0 radical (unpaired) electrons. The molecule has 3 rings (SSSR count). The smallest absolute Gasteiger partial charge is 0.261 e. The highest BCUT2D eigenvalue weighted by molar-refractivity contribution is 14.1. The molecule has 1 aliphatic rings. The molecule has 1 N–H and O–H groups in total. The number of phenolic OH excluding ortho intramolecular Hbond substituents is 1. The van der Waals surface area contributed by atoms with E-state index < -0.39 is 0 Å². The standard InChI is InChI=1S/C15H17IN2O2/c16-11-7-8-13(19)12(9-11)15-17-14(18-20-15)10-5-3-1-2-4-6-10/h7-10,19H,1-6H2. The molecule has 1 saturated carbocycles. The molecular weight excluding hydrogens is 367 g/mol. The lowest BCUT2D eigenvalue weighted by molar-refractivity contribution is 0.406. The van der Waals surface area contributed by atoms with Gasteiger partial charge in [-0.05, 0) is 53.6 Å². The van der Waals surface area contributed by atoms with Crippen LogP contribution in [0.15, 0.2) is 22.7 Å². The zero-order valence-electron chi connectivity index (χ0n) is 11.2. The summed E-state index contributed by atoms with van der Waals surface area (Å²) in [5.74, 6) is 1.79. The molecule has 0 atom stereocenters. The fourth-order valence-electron chi connectivity index (χ4n) is 2.73. The summed E-state index contributed by atoms with van der Waals surface area (Å²) in [5, 5.41) is 14.1. The van der Waals surface area contributed by atoms with Crippen molar-refractivity contribution >= 4 is 22.6 Å². The predicted octanol–water partition coefficient (Wildman–Crippen LogP) is 4.48. The van der Waals surface area contributed by atoms with Gasteiger partial charge in [-0.2, -0.15) is 4.98 Å². The van der Waals surface area contributed by atoms with E-state index in [0.29, 0.717) is 17.4 Å². The molecule has 0 aliphatic heterocycles. The fraction of sp³-hybridized carbons (Fsp3) is 0.467. The molecule has 1 fully saturated rings. The van der Waals surface area contributed by atoms with Crippen molar-refractivity contribution in [2.45, 2.75) is 44.4 Å². The number of hydrogen-bond acceptors (Lipinski definition) is 4. The van der Waals surface area contributed by atoms with Gasteiger partial charge in [0.25, 0.3) is 5.89 Å². The van der Waals surface area contributed by atoms with E-state index in [0.717, 1.165) is 22.2 Å². The average Bonchev–Trinajstić information content (AvgIpc) is 2.77. The largest absolute Gasteiger partial charge is 0.507 e. The molecule has 1 aromatic heterocycles. The van der Waals surface area contributed by atoms with E-state index in [9.17, 15) is 5.11 Å². The molecule has 4 nitrogen and oxygen atoms in total. The lowest BCUT2D eigenvalue weighted by Crippen LogP contribution is -1.99. The molecule has 0 spiro atoms. The van der Waals surface area contributed by atoms with Crippen LogP contribution in [-0.4, -0.2) is 15.2 Å². The van der Waals surface area contributed by atoms with Gasteiger partial charge in [0.05, 0.1) is 5.56 Å². The Morgan fingerprint density at radius 1 is 1.15 bits per heavy atom. The van der Waals surface area contributed by atoms with Crippen molar-refractivity contribution in [2.75, 3.05) is 0 Å². The van der Waals surface area contributed by atoms with E-state index in [2.05, 4.69) is 32.7 Å². The third-order valence-electron chi connectivity index (χ3n) is 3.85. The van der Waals surface area contributed by atoms with E-state index in [1.54, 1.807) is 6.07 Å². The number of hydrogen-bond donors (Lipinski definition) is 1. The van der Waals surface area contributed by atoms with Gasteiger partial charge in [0.15, 0.2) is 5.82 Å². The van der Waals surface area contributed by atoms with Crippen molar-refractivity contribution in [3.05, 3.63) is 27.6 Å². The van der Waals surface area contributed by atoms with Gasteiger partial charge < -0.3 is 9.63 Å². The van der Waals surface area contributed by atoms with Crippen molar-refractivity contribution in [3.63, 3.8) is 0 Å². The van der Waals surface area contributed by atoms with Gasteiger partial charge in [0.2, 0.25) is 0 Å². The van der Waals surface area contributed by atoms with Crippen LogP contribution < -0.4 is 0 Å². The Bertz CT molecular complexity index is 589. The third kappa shape index (κ3) is 2.97. The van der Waals surface area contributed by atoms with Crippen LogP contribution in [0.25, 0.3) is 11.5 Å². The van der Waals surface area contributed by atoms with E-state index in [-0.39, 0.29) is 5.75 Å². The molecular formula is C15H17IN2O2. The molecule has 2 aromatic rings. The lowest BCUT2D eigenvalue weighted by atomic mass is 10.00. The summed E-state index contributed by atoms with van der Waals surface area (Å²) in [6.07, 6.45) is 7.36. The topological polar surface area (TPSA) is 59.2 Å².